The normalized spacial score (nSPS) is 25.7. The average molecular weight is 455 g/mol. The number of nitrogens with zero attached hydrogens (tertiary/aromatic N) is 2. The van der Waals surface area contributed by atoms with E-state index in [9.17, 15) is 39.6 Å². The van der Waals surface area contributed by atoms with E-state index in [1.165, 1.54) is 25.3 Å². The smallest absolute Gasteiger partial charge is 0.330 e. The number of phenolic OH excluding ortho intramolecular Hbond substituents is 1. The molecule has 3 rings (SSSR count). The van der Waals surface area contributed by atoms with Gasteiger partial charge in [0.2, 0.25) is 5.72 Å². The largest absolute Gasteiger partial charge is 0.504 e. The second-order valence-electron chi connectivity index (χ2n) is 7.04. The van der Waals surface area contributed by atoms with Crippen LogP contribution < -0.4 is 16.0 Å². The van der Waals surface area contributed by atoms with Gasteiger partial charge in [0.15, 0.2) is 17.7 Å². The molecule has 32 heavy (non-hydrogen) atoms. The van der Waals surface area contributed by atoms with Crippen LogP contribution in [0.3, 0.4) is 0 Å². The zero-order valence-electron chi connectivity index (χ0n) is 16.8. The van der Waals surface area contributed by atoms with Crippen molar-refractivity contribution in [1.29, 1.82) is 0 Å². The molecule has 6 N–H and O–H groups in total. The standard InChI is InChI=1S/C19H22FN3O9/c1-31-13-6-10(2-3-12(13)25)7-23(30)19(29)15(26)14(9-24)32-17(19)22-8-11(4-5-20)16(27)21-18(22)28/h2-6,8,14-15,17,24-26,29-30H,7,9H2,1H3,(H,21,27,28)/b5-4+/t14-,15-,17?,19-/m1/s1. The highest BCUT2D eigenvalue weighted by molar-refractivity contribution is 5.45. The Kier molecular flexibility index (Phi) is 6.78. The van der Waals surface area contributed by atoms with Gasteiger partial charge in [-0.15, -0.1) is 5.06 Å². The predicted octanol–water partition coefficient (Wildman–Crippen LogP) is -0.978. The maximum Gasteiger partial charge on any atom is 0.330 e. The number of aliphatic hydroxyl groups excluding tert-OH is 2. The maximum atomic E-state index is 12.6. The molecule has 0 amide bonds. The van der Waals surface area contributed by atoms with Crippen LogP contribution in [0.15, 0.2) is 40.3 Å². The van der Waals surface area contributed by atoms with Crippen LogP contribution in [0.1, 0.15) is 17.4 Å². The van der Waals surface area contributed by atoms with E-state index in [0.717, 1.165) is 12.3 Å². The average Bonchev–Trinajstić information content (AvgIpc) is 3.03. The fraction of sp³-hybridized carbons (Fsp3) is 0.368. The van der Waals surface area contributed by atoms with Crippen LogP contribution in [-0.4, -0.2) is 71.9 Å². The van der Waals surface area contributed by atoms with E-state index in [-0.39, 0.29) is 28.5 Å². The lowest BCUT2D eigenvalue weighted by atomic mass is 10.0. The van der Waals surface area contributed by atoms with Gasteiger partial charge in [-0.25, -0.2) is 9.18 Å². The molecule has 1 unspecified atom stereocenters. The van der Waals surface area contributed by atoms with Crippen molar-refractivity contribution < 1.29 is 39.5 Å². The first-order valence-corrected chi connectivity index (χ1v) is 9.28. The fourth-order valence-corrected chi connectivity index (χ4v) is 3.43. The zero-order chi connectivity index (χ0) is 23.6. The Hall–Kier alpha value is -3.07. The van der Waals surface area contributed by atoms with Crippen LogP contribution in [-0.2, 0) is 11.3 Å². The Morgan fingerprint density at radius 1 is 1.41 bits per heavy atom. The van der Waals surface area contributed by atoms with Crippen LogP contribution in [0.4, 0.5) is 4.39 Å². The van der Waals surface area contributed by atoms with E-state index < -0.39 is 48.6 Å². The Labute approximate surface area is 179 Å². The third kappa shape index (κ3) is 4.04. The van der Waals surface area contributed by atoms with Gasteiger partial charge < -0.3 is 35.1 Å². The molecule has 0 aliphatic carbocycles. The van der Waals surface area contributed by atoms with Gasteiger partial charge >= 0.3 is 5.69 Å². The van der Waals surface area contributed by atoms with Crippen molar-refractivity contribution in [3.8, 4) is 11.5 Å². The number of hydroxylamine groups is 2. The number of benzene rings is 1. The molecule has 1 aliphatic heterocycles. The molecule has 1 aromatic heterocycles. The molecule has 1 saturated heterocycles. The minimum Gasteiger partial charge on any atom is -0.504 e. The van der Waals surface area contributed by atoms with Crippen molar-refractivity contribution >= 4 is 6.08 Å². The highest BCUT2D eigenvalue weighted by Gasteiger charge is 2.60. The number of phenols is 1. The predicted molar refractivity (Wildman–Crippen MR) is 105 cm³/mol. The molecule has 2 aromatic rings. The van der Waals surface area contributed by atoms with Gasteiger partial charge in [-0.3, -0.25) is 14.3 Å². The Morgan fingerprint density at radius 2 is 2.12 bits per heavy atom. The SMILES string of the molecule is COc1cc(CN(O)[C@]2(O)C(n3cc(/C=C/F)c(=O)[nH]c3=O)O[C@H](CO)[C@H]2O)ccc1O. The highest BCUT2D eigenvalue weighted by atomic mass is 19.1. The van der Waals surface area contributed by atoms with E-state index in [1.54, 1.807) is 0 Å². The lowest BCUT2D eigenvalue weighted by molar-refractivity contribution is -0.318. The van der Waals surface area contributed by atoms with Crippen LogP contribution in [0.5, 0.6) is 11.5 Å². The van der Waals surface area contributed by atoms with Crippen molar-refractivity contribution in [3.63, 3.8) is 0 Å². The minimum atomic E-state index is -2.70. The molecule has 1 aliphatic rings. The number of rotatable bonds is 7. The summed E-state index contributed by atoms with van der Waals surface area (Å²) in [6.45, 7) is -1.23. The number of aromatic nitrogens is 2. The van der Waals surface area contributed by atoms with Crippen molar-refractivity contribution in [2.75, 3.05) is 13.7 Å². The number of hydrogen-bond donors (Lipinski definition) is 6. The van der Waals surface area contributed by atoms with E-state index in [0.29, 0.717) is 10.1 Å². The third-order valence-corrected chi connectivity index (χ3v) is 5.12. The highest BCUT2D eigenvalue weighted by Crippen LogP contribution is 2.40. The molecule has 0 bridgehead atoms. The molecule has 4 atom stereocenters. The number of methoxy groups -OCH3 is 1. The van der Waals surface area contributed by atoms with E-state index >= 15 is 0 Å². The van der Waals surface area contributed by atoms with E-state index in [1.807, 2.05) is 4.98 Å². The Morgan fingerprint density at radius 3 is 2.75 bits per heavy atom. The van der Waals surface area contributed by atoms with Crippen LogP contribution >= 0.6 is 0 Å². The summed E-state index contributed by atoms with van der Waals surface area (Å²) in [5.41, 5.74) is -4.69. The van der Waals surface area contributed by atoms with Gasteiger partial charge in [0.05, 0.1) is 32.2 Å². The molecule has 13 heteroatoms. The number of hydrogen-bond acceptors (Lipinski definition) is 10. The summed E-state index contributed by atoms with van der Waals surface area (Å²) in [6.07, 6.45) is -3.48. The molecule has 1 fully saturated rings. The van der Waals surface area contributed by atoms with Crippen molar-refractivity contribution in [3.05, 3.63) is 62.7 Å². The van der Waals surface area contributed by atoms with Crippen LogP contribution in [0, 0.1) is 0 Å². The summed E-state index contributed by atoms with van der Waals surface area (Å²) in [7, 11) is 1.31. The topological polar surface area (TPSA) is 178 Å². The summed E-state index contributed by atoms with van der Waals surface area (Å²) in [4.78, 5) is 26.1. The molecule has 174 valence electrons. The van der Waals surface area contributed by atoms with Crippen molar-refractivity contribution in [1.82, 2.24) is 14.6 Å². The lowest BCUT2D eigenvalue weighted by Crippen LogP contribution is -2.59. The van der Waals surface area contributed by atoms with Crippen LogP contribution in [0.25, 0.3) is 6.08 Å². The fourth-order valence-electron chi connectivity index (χ4n) is 3.43. The summed E-state index contributed by atoms with van der Waals surface area (Å²) in [5.74, 6) is -0.0921. The lowest BCUT2D eigenvalue weighted by Gasteiger charge is -2.37. The van der Waals surface area contributed by atoms with Crippen molar-refractivity contribution in [2.24, 2.45) is 0 Å². The quantitative estimate of drug-likeness (QED) is 0.225. The van der Waals surface area contributed by atoms with Gasteiger partial charge in [-0.05, 0) is 23.8 Å². The van der Waals surface area contributed by atoms with Gasteiger partial charge in [0.25, 0.3) is 5.56 Å². The Balaban J connectivity index is 2.05. The number of aliphatic hydroxyl groups is 3. The van der Waals surface area contributed by atoms with Crippen molar-refractivity contribution in [2.45, 2.75) is 30.7 Å². The molecule has 0 spiro atoms. The van der Waals surface area contributed by atoms with Gasteiger partial charge in [-0.1, -0.05) is 6.07 Å². The molecular formula is C19H22FN3O9. The van der Waals surface area contributed by atoms with Gasteiger partial charge in [0, 0.05) is 6.20 Å². The molecule has 0 radical (unpaired) electrons. The second-order valence-corrected chi connectivity index (χ2v) is 7.04. The number of halogens is 1. The molecule has 2 heterocycles. The first-order valence-electron chi connectivity index (χ1n) is 9.28. The molecule has 1 aromatic carbocycles. The first-order chi connectivity index (χ1) is 15.2. The minimum absolute atomic E-state index is 0.0586. The maximum absolute atomic E-state index is 12.6. The summed E-state index contributed by atoms with van der Waals surface area (Å²) in [6, 6.07) is 4.05. The summed E-state index contributed by atoms with van der Waals surface area (Å²) >= 11 is 0. The number of aromatic amines is 1. The zero-order valence-corrected chi connectivity index (χ0v) is 16.8. The van der Waals surface area contributed by atoms with E-state index in [4.69, 9.17) is 9.47 Å². The number of ether oxygens (including phenoxy) is 2. The molecule has 12 nitrogen and oxygen atoms in total. The Bertz CT molecular complexity index is 1120. The molecule has 0 saturated carbocycles. The third-order valence-electron chi connectivity index (χ3n) is 5.12. The van der Waals surface area contributed by atoms with Gasteiger partial charge in [-0.2, -0.15) is 0 Å². The van der Waals surface area contributed by atoms with E-state index in [2.05, 4.69) is 0 Å². The monoisotopic (exact) mass is 455 g/mol. The van der Waals surface area contributed by atoms with Crippen LogP contribution in [0.2, 0.25) is 0 Å². The number of nitrogens with one attached hydrogen (secondary N) is 1. The summed E-state index contributed by atoms with van der Waals surface area (Å²) < 4.78 is 23.7. The summed E-state index contributed by atoms with van der Waals surface area (Å²) in [5, 5.41) is 52.1. The first kappa shape index (κ1) is 23.6. The number of H-pyrrole nitrogens is 1. The second kappa shape index (κ2) is 9.20. The molecular weight excluding hydrogens is 433 g/mol. The number of aromatic hydroxyl groups is 1. The van der Waals surface area contributed by atoms with Gasteiger partial charge in [0.1, 0.15) is 12.2 Å².